The fourth-order valence-corrected chi connectivity index (χ4v) is 3.33. The van der Waals surface area contributed by atoms with Crippen LogP contribution in [0.25, 0.3) is 11.0 Å². The summed E-state index contributed by atoms with van der Waals surface area (Å²) in [5.74, 6) is 1.03. The van der Waals surface area contributed by atoms with E-state index in [0.717, 1.165) is 23.3 Å². The standard InChI is InChI=1S/C17H19N3S/c1-20-15-9-5-4-8-14(15)19-17(20)11-13(18)12-7-3-6-10-16(12)21-2/h3-10,13H,11,18H2,1-2H3. The highest BCUT2D eigenvalue weighted by molar-refractivity contribution is 7.98. The molecular formula is C17H19N3S. The molecule has 0 amide bonds. The Balaban J connectivity index is 1.93. The van der Waals surface area contributed by atoms with E-state index in [1.807, 2.05) is 24.3 Å². The average Bonchev–Trinajstić information content (AvgIpc) is 2.84. The number of nitrogens with zero attached hydrogens (tertiary/aromatic N) is 2. The number of aromatic nitrogens is 2. The van der Waals surface area contributed by atoms with Gasteiger partial charge < -0.3 is 10.3 Å². The third-order valence-electron chi connectivity index (χ3n) is 3.82. The summed E-state index contributed by atoms with van der Waals surface area (Å²) in [4.78, 5) is 5.95. The fraction of sp³-hybridized carbons (Fsp3) is 0.235. The second-order valence-electron chi connectivity index (χ2n) is 5.13. The quantitative estimate of drug-likeness (QED) is 0.749. The van der Waals surface area contributed by atoms with Gasteiger partial charge in [0.05, 0.1) is 11.0 Å². The minimum absolute atomic E-state index is 0.0378. The molecule has 3 rings (SSSR count). The van der Waals surface area contributed by atoms with Gasteiger partial charge >= 0.3 is 0 Å². The molecule has 0 aliphatic rings. The summed E-state index contributed by atoms with van der Waals surface area (Å²) in [5, 5.41) is 0. The smallest absolute Gasteiger partial charge is 0.111 e. The number of imidazole rings is 1. The lowest BCUT2D eigenvalue weighted by Gasteiger charge is -2.15. The van der Waals surface area contributed by atoms with Crippen LogP contribution in [-0.2, 0) is 13.5 Å². The Labute approximate surface area is 129 Å². The van der Waals surface area contributed by atoms with Crippen molar-refractivity contribution in [2.45, 2.75) is 17.4 Å². The second kappa shape index (κ2) is 5.92. The molecule has 0 saturated heterocycles. The Morgan fingerprint density at radius 1 is 1.14 bits per heavy atom. The third kappa shape index (κ3) is 2.69. The molecule has 0 aliphatic heterocycles. The van der Waals surface area contributed by atoms with Crippen LogP contribution in [0.15, 0.2) is 53.4 Å². The van der Waals surface area contributed by atoms with Crippen molar-refractivity contribution in [2.24, 2.45) is 12.8 Å². The molecule has 3 nitrogen and oxygen atoms in total. The second-order valence-corrected chi connectivity index (χ2v) is 5.98. The zero-order valence-electron chi connectivity index (χ0n) is 12.3. The highest BCUT2D eigenvalue weighted by Crippen LogP contribution is 2.27. The first kappa shape index (κ1) is 14.2. The molecule has 0 bridgehead atoms. The van der Waals surface area contributed by atoms with E-state index in [-0.39, 0.29) is 6.04 Å². The van der Waals surface area contributed by atoms with Crippen LogP contribution in [0.4, 0.5) is 0 Å². The minimum atomic E-state index is -0.0378. The van der Waals surface area contributed by atoms with Gasteiger partial charge in [-0.15, -0.1) is 11.8 Å². The van der Waals surface area contributed by atoms with Crippen LogP contribution in [0.3, 0.4) is 0 Å². The van der Waals surface area contributed by atoms with E-state index in [9.17, 15) is 0 Å². The number of hydrogen-bond donors (Lipinski definition) is 1. The van der Waals surface area contributed by atoms with Gasteiger partial charge in [0.2, 0.25) is 0 Å². The van der Waals surface area contributed by atoms with Gasteiger partial charge in [0.25, 0.3) is 0 Å². The SMILES string of the molecule is CSc1ccccc1C(N)Cc1nc2ccccc2n1C. The maximum atomic E-state index is 6.43. The maximum Gasteiger partial charge on any atom is 0.111 e. The van der Waals surface area contributed by atoms with E-state index < -0.39 is 0 Å². The van der Waals surface area contributed by atoms with Crippen LogP contribution < -0.4 is 5.73 Å². The maximum absolute atomic E-state index is 6.43. The van der Waals surface area contributed by atoms with Crippen molar-refractivity contribution in [3.63, 3.8) is 0 Å². The Bertz CT molecular complexity index is 764. The molecule has 21 heavy (non-hydrogen) atoms. The Morgan fingerprint density at radius 3 is 2.62 bits per heavy atom. The van der Waals surface area contributed by atoms with Gasteiger partial charge in [0.1, 0.15) is 5.82 Å². The van der Waals surface area contributed by atoms with Crippen LogP contribution in [-0.4, -0.2) is 15.8 Å². The van der Waals surface area contributed by atoms with Crippen LogP contribution in [0.2, 0.25) is 0 Å². The summed E-state index contributed by atoms with van der Waals surface area (Å²) in [6.07, 6.45) is 2.82. The first-order valence-electron chi connectivity index (χ1n) is 6.99. The lowest BCUT2D eigenvalue weighted by molar-refractivity contribution is 0.656. The van der Waals surface area contributed by atoms with Gasteiger partial charge in [-0.2, -0.15) is 0 Å². The molecule has 2 aromatic carbocycles. The molecule has 1 aromatic heterocycles. The molecule has 108 valence electrons. The highest BCUT2D eigenvalue weighted by atomic mass is 32.2. The van der Waals surface area contributed by atoms with Gasteiger partial charge in [-0.05, 0) is 30.0 Å². The largest absolute Gasteiger partial charge is 0.331 e. The van der Waals surface area contributed by atoms with Crippen molar-refractivity contribution in [1.29, 1.82) is 0 Å². The summed E-state index contributed by atoms with van der Waals surface area (Å²) >= 11 is 1.74. The van der Waals surface area contributed by atoms with E-state index in [0.29, 0.717) is 0 Å². The lowest BCUT2D eigenvalue weighted by Crippen LogP contribution is -2.16. The number of para-hydroxylation sites is 2. The normalized spacial score (nSPS) is 12.7. The van der Waals surface area contributed by atoms with Crippen LogP contribution in [0, 0.1) is 0 Å². The zero-order valence-corrected chi connectivity index (χ0v) is 13.1. The van der Waals surface area contributed by atoms with Crippen molar-refractivity contribution >= 4 is 22.8 Å². The molecule has 0 saturated carbocycles. The first-order chi connectivity index (χ1) is 10.2. The number of rotatable bonds is 4. The van der Waals surface area contributed by atoms with E-state index in [2.05, 4.69) is 42.1 Å². The van der Waals surface area contributed by atoms with Gasteiger partial charge in [-0.1, -0.05) is 30.3 Å². The van der Waals surface area contributed by atoms with E-state index >= 15 is 0 Å². The molecular weight excluding hydrogens is 278 g/mol. The molecule has 0 aliphatic carbocycles. The number of fused-ring (bicyclic) bond motifs is 1. The predicted molar refractivity (Wildman–Crippen MR) is 89.6 cm³/mol. The summed E-state index contributed by atoms with van der Waals surface area (Å²) < 4.78 is 2.14. The highest BCUT2D eigenvalue weighted by Gasteiger charge is 2.15. The topological polar surface area (TPSA) is 43.8 Å². The van der Waals surface area contributed by atoms with Crippen LogP contribution in [0.5, 0.6) is 0 Å². The summed E-state index contributed by atoms with van der Waals surface area (Å²) in [7, 11) is 2.05. The van der Waals surface area contributed by atoms with E-state index in [1.54, 1.807) is 11.8 Å². The zero-order chi connectivity index (χ0) is 14.8. The van der Waals surface area contributed by atoms with Crippen LogP contribution >= 0.6 is 11.8 Å². The van der Waals surface area contributed by atoms with Crippen molar-refractivity contribution in [1.82, 2.24) is 9.55 Å². The molecule has 3 aromatic rings. The molecule has 1 unspecified atom stereocenters. The van der Waals surface area contributed by atoms with Gasteiger partial charge in [-0.3, -0.25) is 0 Å². The number of aryl methyl sites for hydroxylation is 1. The molecule has 0 fully saturated rings. The van der Waals surface area contributed by atoms with Crippen molar-refractivity contribution in [3.05, 3.63) is 59.9 Å². The van der Waals surface area contributed by atoms with Gasteiger partial charge in [-0.25, -0.2) is 4.98 Å². The minimum Gasteiger partial charge on any atom is -0.331 e. The van der Waals surface area contributed by atoms with Gasteiger partial charge in [0, 0.05) is 24.4 Å². The van der Waals surface area contributed by atoms with E-state index in [1.165, 1.54) is 10.5 Å². The fourth-order valence-electron chi connectivity index (χ4n) is 2.66. The van der Waals surface area contributed by atoms with Gasteiger partial charge in [0.15, 0.2) is 0 Å². The van der Waals surface area contributed by atoms with Crippen molar-refractivity contribution < 1.29 is 0 Å². The number of thioether (sulfide) groups is 1. The number of benzene rings is 2. The van der Waals surface area contributed by atoms with Crippen LogP contribution in [0.1, 0.15) is 17.4 Å². The number of hydrogen-bond acceptors (Lipinski definition) is 3. The Hall–Kier alpha value is -1.78. The summed E-state index contributed by atoms with van der Waals surface area (Å²) in [6, 6.07) is 16.5. The summed E-state index contributed by atoms with van der Waals surface area (Å²) in [6.45, 7) is 0. The molecule has 2 N–H and O–H groups in total. The van der Waals surface area contributed by atoms with E-state index in [4.69, 9.17) is 10.7 Å². The molecule has 0 radical (unpaired) electrons. The molecule has 0 spiro atoms. The lowest BCUT2D eigenvalue weighted by atomic mass is 10.0. The van der Waals surface area contributed by atoms with Crippen molar-refractivity contribution in [2.75, 3.05) is 6.26 Å². The molecule has 4 heteroatoms. The summed E-state index contributed by atoms with van der Waals surface area (Å²) in [5.41, 5.74) is 9.80. The first-order valence-corrected chi connectivity index (χ1v) is 8.22. The Morgan fingerprint density at radius 2 is 1.86 bits per heavy atom. The predicted octanol–water partition coefficient (Wildman–Crippen LogP) is 3.54. The van der Waals surface area contributed by atoms with Crippen molar-refractivity contribution in [3.8, 4) is 0 Å². The Kier molecular flexibility index (Phi) is 3.99. The molecule has 1 atom stereocenters. The average molecular weight is 297 g/mol. The third-order valence-corrected chi connectivity index (χ3v) is 4.63. The number of nitrogens with two attached hydrogens (primary N) is 1. The molecule has 1 heterocycles. The monoisotopic (exact) mass is 297 g/mol.